The molecule has 2 rings (SSSR count). The molecule has 152 valence electrons. The molecule has 1 aliphatic heterocycles. The number of carbonyl (C=O) groups excluding carboxylic acids is 1. The van der Waals surface area contributed by atoms with Crippen LogP contribution in [0.5, 0.6) is 0 Å². The standard InChI is InChI=1S/C18H27BFNO4.C2H6/c1-16(2,3)23-15(22)21-11-12-9-8-10-13(14(12)20)19-24-17(4,5)18(6,7)25-19;1-2/h8-10H,11H2,1-7H3,(H,21,22);1-2H3. The molecular formula is C20H33BFNO4. The molecule has 0 bridgehead atoms. The van der Waals surface area contributed by atoms with E-state index in [1.807, 2.05) is 41.5 Å². The fourth-order valence-corrected chi connectivity index (χ4v) is 2.37. The number of benzene rings is 1. The number of ether oxygens (including phenoxy) is 1. The summed E-state index contributed by atoms with van der Waals surface area (Å²) < 4.78 is 31.8. The van der Waals surface area contributed by atoms with Gasteiger partial charge in [0.25, 0.3) is 0 Å². The molecule has 27 heavy (non-hydrogen) atoms. The van der Waals surface area contributed by atoms with Gasteiger partial charge in [0, 0.05) is 17.6 Å². The third-order valence-corrected chi connectivity index (χ3v) is 4.44. The van der Waals surface area contributed by atoms with Crippen molar-refractivity contribution in [2.75, 3.05) is 0 Å². The van der Waals surface area contributed by atoms with E-state index < -0.39 is 35.8 Å². The number of hydrogen-bond acceptors (Lipinski definition) is 4. The number of nitrogens with one attached hydrogen (secondary N) is 1. The molecule has 0 radical (unpaired) electrons. The average Bonchev–Trinajstić information content (AvgIpc) is 2.74. The lowest BCUT2D eigenvalue weighted by molar-refractivity contribution is 0.00578. The number of rotatable bonds is 3. The van der Waals surface area contributed by atoms with Crippen molar-refractivity contribution in [3.05, 3.63) is 29.6 Å². The van der Waals surface area contributed by atoms with Crippen LogP contribution in [0.15, 0.2) is 18.2 Å². The summed E-state index contributed by atoms with van der Waals surface area (Å²) in [5.74, 6) is -0.447. The first kappa shape index (κ1) is 23.4. The van der Waals surface area contributed by atoms with Crippen LogP contribution in [0.3, 0.4) is 0 Å². The minimum Gasteiger partial charge on any atom is -0.444 e. The molecule has 1 amide bonds. The number of carbonyl (C=O) groups is 1. The fourth-order valence-electron chi connectivity index (χ4n) is 2.37. The van der Waals surface area contributed by atoms with Crippen molar-refractivity contribution >= 4 is 18.7 Å². The molecule has 0 saturated carbocycles. The average molecular weight is 381 g/mol. The molecule has 1 saturated heterocycles. The predicted octanol–water partition coefficient (Wildman–Crippen LogP) is 4.18. The van der Waals surface area contributed by atoms with Crippen LogP contribution < -0.4 is 10.8 Å². The van der Waals surface area contributed by atoms with E-state index in [2.05, 4.69) is 5.32 Å². The lowest BCUT2D eigenvalue weighted by Crippen LogP contribution is -2.41. The van der Waals surface area contributed by atoms with E-state index in [0.29, 0.717) is 11.0 Å². The Hall–Kier alpha value is -1.60. The zero-order valence-electron chi connectivity index (χ0n) is 18.0. The molecule has 1 fully saturated rings. The molecule has 0 aromatic heterocycles. The second-order valence-electron chi connectivity index (χ2n) is 8.26. The van der Waals surface area contributed by atoms with E-state index in [-0.39, 0.29) is 6.54 Å². The molecule has 1 heterocycles. The van der Waals surface area contributed by atoms with Gasteiger partial charge in [0.05, 0.1) is 11.2 Å². The van der Waals surface area contributed by atoms with Crippen LogP contribution in [0, 0.1) is 5.82 Å². The van der Waals surface area contributed by atoms with E-state index in [4.69, 9.17) is 14.0 Å². The van der Waals surface area contributed by atoms with Gasteiger partial charge in [0.15, 0.2) is 0 Å². The van der Waals surface area contributed by atoms with Crippen LogP contribution in [0.25, 0.3) is 0 Å². The summed E-state index contributed by atoms with van der Waals surface area (Å²) in [5, 5.41) is 2.56. The van der Waals surface area contributed by atoms with Gasteiger partial charge in [-0.2, -0.15) is 0 Å². The molecule has 1 N–H and O–H groups in total. The van der Waals surface area contributed by atoms with Gasteiger partial charge >= 0.3 is 13.2 Å². The molecule has 5 nitrogen and oxygen atoms in total. The van der Waals surface area contributed by atoms with Crippen molar-refractivity contribution in [1.82, 2.24) is 5.32 Å². The quantitative estimate of drug-likeness (QED) is 0.799. The largest absolute Gasteiger partial charge is 0.497 e. The van der Waals surface area contributed by atoms with Crippen LogP contribution in [-0.4, -0.2) is 30.0 Å². The van der Waals surface area contributed by atoms with E-state index in [0.717, 1.165) is 0 Å². The number of halogens is 1. The van der Waals surface area contributed by atoms with Gasteiger partial charge in [-0.05, 0) is 48.5 Å². The van der Waals surface area contributed by atoms with Crippen LogP contribution in [0.1, 0.15) is 67.9 Å². The molecule has 1 aliphatic rings. The highest BCUT2D eigenvalue weighted by Crippen LogP contribution is 2.36. The van der Waals surface area contributed by atoms with Gasteiger partial charge in [-0.1, -0.05) is 32.0 Å². The van der Waals surface area contributed by atoms with E-state index in [1.165, 1.54) is 0 Å². The van der Waals surface area contributed by atoms with Crippen LogP contribution in [0.4, 0.5) is 9.18 Å². The molecular weight excluding hydrogens is 348 g/mol. The Bertz CT molecular complexity index is 640. The van der Waals surface area contributed by atoms with Crippen LogP contribution in [0.2, 0.25) is 0 Å². The molecule has 0 unspecified atom stereocenters. The van der Waals surface area contributed by atoms with Crippen molar-refractivity contribution in [3.8, 4) is 0 Å². The Morgan fingerprint density at radius 1 is 1.15 bits per heavy atom. The van der Waals surface area contributed by atoms with Crippen molar-refractivity contribution in [2.24, 2.45) is 0 Å². The molecule has 1 aromatic rings. The van der Waals surface area contributed by atoms with E-state index in [1.54, 1.807) is 39.0 Å². The minimum atomic E-state index is -0.786. The first-order chi connectivity index (χ1) is 12.3. The van der Waals surface area contributed by atoms with Crippen molar-refractivity contribution in [1.29, 1.82) is 0 Å². The minimum absolute atomic E-state index is 0.0219. The maximum atomic E-state index is 14.9. The zero-order valence-corrected chi connectivity index (χ0v) is 18.0. The Labute approximate surface area is 163 Å². The number of alkyl carbamates (subject to hydrolysis) is 1. The lowest BCUT2D eigenvalue weighted by Gasteiger charge is -2.32. The number of hydrogen-bond donors (Lipinski definition) is 1. The first-order valence-corrected chi connectivity index (χ1v) is 9.42. The summed E-state index contributed by atoms with van der Waals surface area (Å²) in [5.41, 5.74) is -1.03. The third kappa shape index (κ3) is 5.94. The SMILES string of the molecule is CC.CC(C)(C)OC(=O)NCc1cccc(B2OC(C)(C)C(C)(C)O2)c1F. The van der Waals surface area contributed by atoms with Crippen molar-refractivity contribution in [2.45, 2.75) is 85.7 Å². The van der Waals surface area contributed by atoms with E-state index >= 15 is 0 Å². The molecule has 0 spiro atoms. The normalized spacial score (nSPS) is 17.8. The summed E-state index contributed by atoms with van der Waals surface area (Å²) in [6.45, 7) is 17.0. The summed E-state index contributed by atoms with van der Waals surface area (Å²) in [6, 6.07) is 4.96. The molecule has 0 atom stereocenters. The van der Waals surface area contributed by atoms with Crippen molar-refractivity contribution in [3.63, 3.8) is 0 Å². The van der Waals surface area contributed by atoms with Gasteiger partial charge in [0.2, 0.25) is 0 Å². The van der Waals surface area contributed by atoms with Gasteiger partial charge in [0.1, 0.15) is 11.4 Å². The maximum Gasteiger partial charge on any atom is 0.497 e. The topological polar surface area (TPSA) is 56.8 Å². The predicted molar refractivity (Wildman–Crippen MR) is 107 cm³/mol. The highest BCUT2D eigenvalue weighted by Gasteiger charge is 2.52. The summed E-state index contributed by atoms with van der Waals surface area (Å²) in [6.07, 6.45) is -0.590. The summed E-state index contributed by atoms with van der Waals surface area (Å²) in [7, 11) is -0.786. The molecule has 1 aromatic carbocycles. The third-order valence-electron chi connectivity index (χ3n) is 4.44. The smallest absolute Gasteiger partial charge is 0.444 e. The highest BCUT2D eigenvalue weighted by atomic mass is 19.1. The van der Waals surface area contributed by atoms with Crippen LogP contribution in [-0.2, 0) is 20.6 Å². The Balaban J connectivity index is 0.00000176. The Kier molecular flexibility index (Phi) is 7.48. The van der Waals surface area contributed by atoms with Gasteiger partial charge < -0.3 is 19.4 Å². The fraction of sp³-hybridized carbons (Fsp3) is 0.650. The highest BCUT2D eigenvalue weighted by molar-refractivity contribution is 6.62. The monoisotopic (exact) mass is 381 g/mol. The first-order valence-electron chi connectivity index (χ1n) is 9.42. The van der Waals surface area contributed by atoms with Gasteiger partial charge in [-0.15, -0.1) is 0 Å². The maximum absolute atomic E-state index is 14.9. The zero-order chi connectivity index (χ0) is 21.0. The Morgan fingerprint density at radius 3 is 2.15 bits per heavy atom. The lowest BCUT2D eigenvalue weighted by atomic mass is 9.78. The van der Waals surface area contributed by atoms with Gasteiger partial charge in [-0.3, -0.25) is 0 Å². The number of amides is 1. The second-order valence-corrected chi connectivity index (χ2v) is 8.26. The molecule has 7 heteroatoms. The summed E-state index contributed by atoms with van der Waals surface area (Å²) in [4.78, 5) is 11.7. The second kappa shape index (κ2) is 8.61. The molecule has 0 aliphatic carbocycles. The van der Waals surface area contributed by atoms with Crippen LogP contribution >= 0.6 is 0 Å². The van der Waals surface area contributed by atoms with Gasteiger partial charge in [-0.25, -0.2) is 9.18 Å². The van der Waals surface area contributed by atoms with Crippen molar-refractivity contribution < 1.29 is 23.2 Å². The van der Waals surface area contributed by atoms with E-state index in [9.17, 15) is 9.18 Å². The summed E-state index contributed by atoms with van der Waals surface area (Å²) >= 11 is 0. The Morgan fingerprint density at radius 2 is 1.67 bits per heavy atom.